The molecule has 1 amide bonds. The minimum absolute atomic E-state index is 0.261. The van der Waals surface area contributed by atoms with Crippen LogP contribution in [0.3, 0.4) is 0 Å². The van der Waals surface area contributed by atoms with Gasteiger partial charge >= 0.3 is 0 Å². The van der Waals surface area contributed by atoms with Crippen LogP contribution in [0.2, 0.25) is 0 Å². The molecule has 0 bridgehead atoms. The van der Waals surface area contributed by atoms with E-state index in [2.05, 4.69) is 20.7 Å². The van der Waals surface area contributed by atoms with E-state index in [1.807, 2.05) is 25.2 Å². The quantitative estimate of drug-likeness (QED) is 0.373. The molecule has 2 aromatic heterocycles. The van der Waals surface area contributed by atoms with E-state index in [1.165, 1.54) is 7.11 Å². The molecule has 4 aromatic rings. The maximum absolute atomic E-state index is 11.9. The minimum atomic E-state index is -0.589. The Kier molecular flexibility index (Phi) is 5.21. The van der Waals surface area contributed by atoms with Gasteiger partial charge in [0.15, 0.2) is 10.9 Å². The van der Waals surface area contributed by atoms with Gasteiger partial charge in [-0.1, -0.05) is 0 Å². The number of nitrogens with one attached hydrogen (secondary N) is 2. The zero-order valence-electron chi connectivity index (χ0n) is 18.1. The van der Waals surface area contributed by atoms with Crippen molar-refractivity contribution in [1.82, 2.24) is 20.1 Å². The third-order valence-corrected chi connectivity index (χ3v) is 5.70. The van der Waals surface area contributed by atoms with E-state index in [0.29, 0.717) is 45.1 Å². The number of benzene rings is 2. The predicted octanol–water partition coefficient (Wildman–Crippen LogP) is 3.47. The van der Waals surface area contributed by atoms with E-state index >= 15 is 0 Å². The summed E-state index contributed by atoms with van der Waals surface area (Å²) in [5, 5.41) is 13.1. The molecule has 0 saturated heterocycles. The molecule has 2 aromatic carbocycles. The zero-order valence-corrected chi connectivity index (χ0v) is 18.9. The second-order valence-electron chi connectivity index (χ2n) is 7.87. The van der Waals surface area contributed by atoms with Gasteiger partial charge in [-0.15, -0.1) is 0 Å². The van der Waals surface area contributed by atoms with Crippen LogP contribution in [-0.2, 0) is 7.05 Å². The lowest BCUT2D eigenvalue weighted by Crippen LogP contribution is -2.30. The molecule has 1 saturated carbocycles. The SMILES string of the molecule is COc1cc2nccc(Oc3ccc4c(NC(=S)NC5CC5)nn(C)c4c3)c2cc1C(N)=O. The highest BCUT2D eigenvalue weighted by molar-refractivity contribution is 7.80. The Balaban J connectivity index is 1.47. The number of amides is 1. The fourth-order valence-electron chi connectivity index (χ4n) is 3.68. The van der Waals surface area contributed by atoms with Crippen LogP contribution in [0.4, 0.5) is 5.82 Å². The van der Waals surface area contributed by atoms with Crippen LogP contribution in [0.1, 0.15) is 23.2 Å². The number of aromatic nitrogens is 3. The first kappa shape index (κ1) is 21.0. The second-order valence-corrected chi connectivity index (χ2v) is 8.28. The lowest BCUT2D eigenvalue weighted by atomic mass is 10.1. The maximum Gasteiger partial charge on any atom is 0.252 e. The number of aryl methyl sites for hydroxylation is 1. The number of anilines is 1. The van der Waals surface area contributed by atoms with E-state index in [9.17, 15) is 4.79 Å². The molecule has 168 valence electrons. The first-order chi connectivity index (χ1) is 15.9. The Hall–Kier alpha value is -3.92. The van der Waals surface area contributed by atoms with Gasteiger partial charge in [0.2, 0.25) is 0 Å². The Morgan fingerprint density at radius 2 is 2.00 bits per heavy atom. The van der Waals surface area contributed by atoms with Crippen molar-refractivity contribution >= 4 is 50.9 Å². The zero-order chi connectivity index (χ0) is 23.1. The van der Waals surface area contributed by atoms with E-state index in [0.717, 1.165) is 23.7 Å². The van der Waals surface area contributed by atoms with Gasteiger partial charge in [0, 0.05) is 42.2 Å². The summed E-state index contributed by atoms with van der Waals surface area (Å²) in [6.07, 6.45) is 3.92. The number of nitrogens with zero attached hydrogens (tertiary/aromatic N) is 3. The first-order valence-electron chi connectivity index (χ1n) is 10.4. The van der Waals surface area contributed by atoms with Crippen LogP contribution < -0.4 is 25.8 Å². The molecule has 33 heavy (non-hydrogen) atoms. The number of carbonyl (C=O) groups is 1. The van der Waals surface area contributed by atoms with Crippen LogP contribution in [-0.4, -0.2) is 38.9 Å². The van der Waals surface area contributed by atoms with Crippen LogP contribution in [0.15, 0.2) is 42.6 Å². The molecular weight excluding hydrogens is 440 g/mol. The third kappa shape index (κ3) is 4.12. The highest BCUT2D eigenvalue weighted by Gasteiger charge is 2.22. The summed E-state index contributed by atoms with van der Waals surface area (Å²) in [5.41, 5.74) is 7.28. The van der Waals surface area contributed by atoms with Crippen LogP contribution in [0, 0.1) is 0 Å². The number of primary amides is 1. The van der Waals surface area contributed by atoms with Gasteiger partial charge in [-0.2, -0.15) is 5.10 Å². The first-order valence-corrected chi connectivity index (χ1v) is 10.8. The summed E-state index contributed by atoms with van der Waals surface area (Å²) in [6.45, 7) is 0. The van der Waals surface area contributed by atoms with Crippen molar-refractivity contribution in [2.45, 2.75) is 18.9 Å². The second kappa shape index (κ2) is 8.21. The highest BCUT2D eigenvalue weighted by atomic mass is 32.1. The van der Waals surface area contributed by atoms with Gasteiger partial charge < -0.3 is 25.8 Å². The minimum Gasteiger partial charge on any atom is -0.496 e. The largest absolute Gasteiger partial charge is 0.496 e. The molecule has 0 atom stereocenters. The fraction of sp³-hybridized carbons (Fsp3) is 0.217. The molecule has 4 N–H and O–H groups in total. The maximum atomic E-state index is 11.9. The predicted molar refractivity (Wildman–Crippen MR) is 130 cm³/mol. The van der Waals surface area contributed by atoms with Crippen LogP contribution >= 0.6 is 12.2 Å². The number of nitrogens with two attached hydrogens (primary N) is 1. The molecule has 0 unspecified atom stereocenters. The van der Waals surface area contributed by atoms with Gasteiger partial charge in [0.1, 0.15) is 17.2 Å². The number of thiocarbonyl (C=S) groups is 1. The molecule has 1 fully saturated rings. The molecule has 5 rings (SSSR count). The standard InChI is InChI=1S/C23H22N6O3S/c1-29-18-9-13(5-6-14(18)22(28-29)27-23(33)26-12-3-4-12)32-19-7-8-25-17-11-20(31-2)16(21(24)30)10-15(17)19/h5-12H,3-4H2,1-2H3,(H2,24,30)(H2,26,27,28,33). The Morgan fingerprint density at radius 1 is 1.18 bits per heavy atom. The van der Waals surface area contributed by atoms with E-state index < -0.39 is 5.91 Å². The topological polar surface area (TPSA) is 116 Å². The van der Waals surface area contributed by atoms with Crippen LogP contribution in [0.5, 0.6) is 17.2 Å². The van der Waals surface area contributed by atoms with E-state index in [-0.39, 0.29) is 5.56 Å². The fourth-order valence-corrected chi connectivity index (χ4v) is 3.94. The number of carbonyl (C=O) groups excluding carboxylic acids is 1. The summed E-state index contributed by atoms with van der Waals surface area (Å²) in [7, 11) is 3.34. The van der Waals surface area contributed by atoms with Crippen molar-refractivity contribution in [3.05, 3.63) is 48.2 Å². The lowest BCUT2D eigenvalue weighted by Gasteiger charge is -2.12. The van der Waals surface area contributed by atoms with Crippen molar-refractivity contribution in [3.8, 4) is 17.2 Å². The Morgan fingerprint density at radius 3 is 2.73 bits per heavy atom. The molecule has 0 aliphatic heterocycles. The average Bonchev–Trinajstić information content (AvgIpc) is 3.56. The van der Waals surface area contributed by atoms with Crippen molar-refractivity contribution in [2.24, 2.45) is 12.8 Å². The molecular formula is C23H22N6O3S. The average molecular weight is 463 g/mol. The normalized spacial score (nSPS) is 13.2. The molecule has 1 aliphatic carbocycles. The van der Waals surface area contributed by atoms with Gasteiger partial charge in [-0.3, -0.25) is 14.5 Å². The monoisotopic (exact) mass is 462 g/mol. The highest BCUT2D eigenvalue weighted by Crippen LogP contribution is 2.35. The van der Waals surface area contributed by atoms with Gasteiger partial charge in [0.05, 0.1) is 23.7 Å². The lowest BCUT2D eigenvalue weighted by molar-refractivity contribution is 0.0997. The summed E-state index contributed by atoms with van der Waals surface area (Å²) < 4.78 is 13.2. The van der Waals surface area contributed by atoms with Gasteiger partial charge in [-0.05, 0) is 49.3 Å². The van der Waals surface area contributed by atoms with Gasteiger partial charge in [0.25, 0.3) is 5.91 Å². The Bertz CT molecular complexity index is 1410. The molecule has 1 aliphatic rings. The number of rotatable bonds is 6. The molecule has 0 radical (unpaired) electrons. The van der Waals surface area contributed by atoms with Crippen LogP contribution in [0.25, 0.3) is 21.8 Å². The summed E-state index contributed by atoms with van der Waals surface area (Å²) in [5.74, 6) is 1.61. The smallest absolute Gasteiger partial charge is 0.252 e. The van der Waals surface area contributed by atoms with Crippen molar-refractivity contribution in [3.63, 3.8) is 0 Å². The summed E-state index contributed by atoms with van der Waals surface area (Å²) >= 11 is 5.38. The van der Waals surface area contributed by atoms with Gasteiger partial charge in [-0.25, -0.2) is 0 Å². The number of hydrogen-bond acceptors (Lipinski definition) is 6. The molecule has 2 heterocycles. The molecule has 0 spiro atoms. The Labute approximate surface area is 194 Å². The molecule has 10 heteroatoms. The van der Waals surface area contributed by atoms with E-state index in [1.54, 1.807) is 29.1 Å². The number of hydrogen-bond donors (Lipinski definition) is 3. The number of fused-ring (bicyclic) bond motifs is 2. The van der Waals surface area contributed by atoms with Crippen molar-refractivity contribution in [1.29, 1.82) is 0 Å². The summed E-state index contributed by atoms with van der Waals surface area (Å²) in [4.78, 5) is 16.2. The third-order valence-electron chi connectivity index (χ3n) is 5.48. The number of methoxy groups -OCH3 is 1. The number of ether oxygens (including phenoxy) is 2. The summed E-state index contributed by atoms with van der Waals surface area (Å²) in [6, 6.07) is 11.2. The van der Waals surface area contributed by atoms with Crippen molar-refractivity contribution < 1.29 is 14.3 Å². The van der Waals surface area contributed by atoms with Crippen molar-refractivity contribution in [2.75, 3.05) is 12.4 Å². The number of pyridine rings is 1. The molecule has 9 nitrogen and oxygen atoms in total. The van der Waals surface area contributed by atoms with E-state index in [4.69, 9.17) is 27.4 Å².